The molecule has 1 saturated heterocycles. The highest BCUT2D eigenvalue weighted by atomic mass is 127. The Morgan fingerprint density at radius 3 is 2.41 bits per heavy atom. The van der Waals surface area contributed by atoms with Crippen molar-refractivity contribution in [3.05, 3.63) is 51.4 Å². The summed E-state index contributed by atoms with van der Waals surface area (Å²) >= 11 is 1.91. The van der Waals surface area contributed by atoms with Crippen molar-refractivity contribution in [2.45, 2.75) is 12.8 Å². The minimum atomic E-state index is -4.05. The highest BCUT2D eigenvalue weighted by molar-refractivity contribution is 14.1. The first-order valence-corrected chi connectivity index (χ1v) is 12.5. The van der Waals surface area contributed by atoms with Gasteiger partial charge in [-0.25, -0.2) is 13.2 Å². The van der Waals surface area contributed by atoms with Gasteiger partial charge in [-0.15, -0.1) is 0 Å². The quantitative estimate of drug-likeness (QED) is 0.268. The van der Waals surface area contributed by atoms with Gasteiger partial charge in [-0.3, -0.25) is 4.72 Å². The van der Waals surface area contributed by atoms with Crippen molar-refractivity contribution in [3.63, 3.8) is 0 Å². The average molecular weight is 584 g/mol. The van der Waals surface area contributed by atoms with Crippen LogP contribution in [0.15, 0.2) is 30.3 Å². The predicted molar refractivity (Wildman–Crippen MR) is 126 cm³/mol. The maximum Gasteiger partial charge on any atom is 0.301 e. The van der Waals surface area contributed by atoms with Crippen molar-refractivity contribution < 1.29 is 26.7 Å². The van der Waals surface area contributed by atoms with Crippen LogP contribution in [0.2, 0.25) is 0 Å². The van der Waals surface area contributed by atoms with E-state index in [-0.39, 0.29) is 37.0 Å². The van der Waals surface area contributed by atoms with Crippen molar-refractivity contribution in [1.82, 2.24) is 9.62 Å². The Labute approximate surface area is 198 Å². The largest absolute Gasteiger partial charge is 0.395 e. The molecule has 0 radical (unpaired) electrons. The van der Waals surface area contributed by atoms with Crippen molar-refractivity contribution in [2.24, 2.45) is 5.92 Å². The molecule has 32 heavy (non-hydrogen) atoms. The van der Waals surface area contributed by atoms with Gasteiger partial charge in [0.1, 0.15) is 11.5 Å². The zero-order chi connectivity index (χ0) is 23.3. The monoisotopic (exact) mass is 584 g/mol. The van der Waals surface area contributed by atoms with Crippen LogP contribution < -0.4 is 15.4 Å². The molecule has 0 aromatic heterocycles. The Balaban J connectivity index is 1.76. The number of hydrogen-bond acceptors (Lipinski definition) is 5. The molecule has 1 aliphatic heterocycles. The van der Waals surface area contributed by atoms with Gasteiger partial charge < -0.3 is 15.7 Å². The predicted octanol–water partition coefficient (Wildman–Crippen LogP) is 3.40. The Bertz CT molecular complexity index is 1050. The van der Waals surface area contributed by atoms with Gasteiger partial charge in [0.25, 0.3) is 0 Å². The fourth-order valence-electron chi connectivity index (χ4n) is 3.43. The molecule has 1 heterocycles. The maximum atomic E-state index is 14.5. The van der Waals surface area contributed by atoms with E-state index in [2.05, 4.69) is 15.4 Å². The number of rotatable bonds is 9. The summed E-state index contributed by atoms with van der Waals surface area (Å²) in [5, 5.41) is 14.4. The van der Waals surface area contributed by atoms with E-state index < -0.39 is 33.3 Å². The second-order valence-corrected chi connectivity index (χ2v) is 10.3. The number of aliphatic hydroxyl groups excluding tert-OH is 1. The van der Waals surface area contributed by atoms with E-state index in [0.29, 0.717) is 29.5 Å². The third kappa shape index (κ3) is 6.25. The number of aliphatic hydroxyl groups is 1. The smallest absolute Gasteiger partial charge is 0.301 e. The van der Waals surface area contributed by atoms with Crippen molar-refractivity contribution in [3.8, 4) is 0 Å². The van der Waals surface area contributed by atoms with Crippen molar-refractivity contribution >= 4 is 49.9 Å². The molecule has 7 nitrogen and oxygen atoms in total. The minimum absolute atomic E-state index is 0.0356. The summed E-state index contributed by atoms with van der Waals surface area (Å²) in [6.07, 6.45) is 1.24. The van der Waals surface area contributed by atoms with Crippen LogP contribution in [-0.4, -0.2) is 50.6 Å². The number of benzene rings is 2. The molecule has 1 fully saturated rings. The standard InChI is InChI=1S/C20H24F3IN4O3S/c21-15-2-4-18(20(19(15)23)26-17-3-1-14(24)11-16(17)22)27-32(30,31)28-8-5-13(6-9-28)12-25-7-10-29/h1-4,11,13,25-27,29H,5-10,12H2. The summed E-state index contributed by atoms with van der Waals surface area (Å²) < 4.78 is 72.6. The Morgan fingerprint density at radius 2 is 1.75 bits per heavy atom. The van der Waals surface area contributed by atoms with Gasteiger partial charge in [0.05, 0.1) is 18.0 Å². The molecule has 0 bridgehead atoms. The highest BCUT2D eigenvalue weighted by Crippen LogP contribution is 2.33. The molecule has 2 aromatic rings. The van der Waals surface area contributed by atoms with Gasteiger partial charge in [-0.2, -0.15) is 12.7 Å². The van der Waals surface area contributed by atoms with Crippen LogP contribution in [0, 0.1) is 26.9 Å². The molecule has 1 aliphatic rings. The zero-order valence-electron chi connectivity index (χ0n) is 17.0. The van der Waals surface area contributed by atoms with Gasteiger partial charge in [0.15, 0.2) is 11.6 Å². The molecule has 0 aliphatic carbocycles. The lowest BCUT2D eigenvalue weighted by molar-refractivity contribution is 0.254. The summed E-state index contributed by atoms with van der Waals surface area (Å²) in [6, 6.07) is 6.04. The van der Waals surface area contributed by atoms with E-state index in [0.717, 1.165) is 12.1 Å². The minimum Gasteiger partial charge on any atom is -0.395 e. The molecular weight excluding hydrogens is 560 g/mol. The molecule has 4 N–H and O–H groups in total. The molecular formula is C20H24F3IN4O3S. The van der Waals surface area contributed by atoms with Crippen molar-refractivity contribution in [1.29, 1.82) is 0 Å². The molecule has 12 heteroatoms. The van der Waals surface area contributed by atoms with Crippen LogP contribution >= 0.6 is 22.6 Å². The van der Waals surface area contributed by atoms with Crippen LogP contribution in [0.25, 0.3) is 0 Å². The van der Waals surface area contributed by atoms with Gasteiger partial charge in [0, 0.05) is 23.2 Å². The molecule has 0 spiro atoms. The number of piperidine rings is 1. The fraction of sp³-hybridized carbons (Fsp3) is 0.400. The van der Waals surface area contributed by atoms with E-state index in [1.54, 1.807) is 6.07 Å². The summed E-state index contributed by atoms with van der Waals surface area (Å²) in [6.45, 7) is 1.72. The average Bonchev–Trinajstić information content (AvgIpc) is 2.75. The number of halogens is 4. The lowest BCUT2D eigenvalue weighted by Crippen LogP contribution is -2.43. The van der Waals surface area contributed by atoms with Crippen molar-refractivity contribution in [2.75, 3.05) is 42.8 Å². The van der Waals surface area contributed by atoms with Crippen LogP contribution in [0.4, 0.5) is 30.2 Å². The summed E-state index contributed by atoms with van der Waals surface area (Å²) in [4.78, 5) is 0. The first-order valence-electron chi connectivity index (χ1n) is 10.0. The Morgan fingerprint density at radius 1 is 1.06 bits per heavy atom. The molecule has 2 aromatic carbocycles. The van der Waals surface area contributed by atoms with Crippen LogP contribution in [0.3, 0.4) is 0 Å². The first kappa shape index (κ1) is 25.0. The second-order valence-electron chi connectivity index (χ2n) is 7.41. The highest BCUT2D eigenvalue weighted by Gasteiger charge is 2.29. The SMILES string of the molecule is O=S(=O)(Nc1ccc(F)c(F)c1Nc1ccc(I)cc1F)N1CCC(CNCCO)CC1. The molecule has 0 unspecified atom stereocenters. The third-order valence-electron chi connectivity index (χ3n) is 5.16. The maximum absolute atomic E-state index is 14.5. The van der Waals surface area contributed by atoms with E-state index in [4.69, 9.17) is 5.11 Å². The van der Waals surface area contributed by atoms with Crippen LogP contribution in [0.5, 0.6) is 0 Å². The zero-order valence-corrected chi connectivity index (χ0v) is 20.0. The Kier molecular flexibility index (Phi) is 8.61. The van der Waals surface area contributed by atoms with Gasteiger partial charge >= 0.3 is 10.2 Å². The Hall–Kier alpha value is -1.61. The molecule has 3 rings (SSSR count). The topological polar surface area (TPSA) is 93.7 Å². The van der Waals surface area contributed by atoms with Gasteiger partial charge in [-0.1, -0.05) is 0 Å². The number of hydrogen-bond donors (Lipinski definition) is 4. The third-order valence-corrected chi connectivity index (χ3v) is 7.35. The van der Waals surface area contributed by atoms with Crippen LogP contribution in [0.1, 0.15) is 12.8 Å². The first-order chi connectivity index (χ1) is 15.2. The number of nitrogens with zero attached hydrogens (tertiary/aromatic N) is 1. The molecule has 0 atom stereocenters. The molecule has 0 amide bonds. The van der Waals surface area contributed by atoms with E-state index in [1.165, 1.54) is 16.4 Å². The van der Waals surface area contributed by atoms with Gasteiger partial charge in [-0.05, 0) is 78.2 Å². The fourth-order valence-corrected chi connectivity index (χ4v) is 5.15. The number of anilines is 3. The molecule has 176 valence electrons. The summed E-state index contributed by atoms with van der Waals surface area (Å²) in [5.74, 6) is -2.93. The normalized spacial score (nSPS) is 15.7. The van der Waals surface area contributed by atoms with E-state index in [9.17, 15) is 21.6 Å². The lowest BCUT2D eigenvalue weighted by Gasteiger charge is -2.31. The second kappa shape index (κ2) is 11.0. The lowest BCUT2D eigenvalue weighted by atomic mass is 9.98. The van der Waals surface area contributed by atoms with E-state index >= 15 is 0 Å². The van der Waals surface area contributed by atoms with E-state index in [1.807, 2.05) is 22.6 Å². The molecule has 0 saturated carbocycles. The summed E-state index contributed by atoms with van der Waals surface area (Å²) in [7, 11) is -4.05. The van der Waals surface area contributed by atoms with Crippen LogP contribution in [-0.2, 0) is 10.2 Å². The summed E-state index contributed by atoms with van der Waals surface area (Å²) in [5.41, 5.74) is -0.850. The van der Waals surface area contributed by atoms with Gasteiger partial charge in [0.2, 0.25) is 0 Å². The number of nitrogens with one attached hydrogen (secondary N) is 3.